The van der Waals surface area contributed by atoms with Crippen molar-refractivity contribution in [3.05, 3.63) is 90.1 Å². The molecule has 2 aromatic carbocycles. The van der Waals surface area contributed by atoms with Gasteiger partial charge in [0.15, 0.2) is 4.80 Å². The van der Waals surface area contributed by atoms with E-state index in [1.165, 1.54) is 11.3 Å². The lowest BCUT2D eigenvalue weighted by Gasteiger charge is -2.26. The first-order valence-electron chi connectivity index (χ1n) is 10.9. The molecule has 0 amide bonds. The number of thiazole rings is 1. The number of hydrogen-bond donors (Lipinski definition) is 0. The van der Waals surface area contributed by atoms with E-state index in [9.17, 15) is 9.59 Å². The molecule has 1 aromatic heterocycles. The number of aromatic nitrogens is 1. The van der Waals surface area contributed by atoms with Gasteiger partial charge in [0.2, 0.25) is 0 Å². The maximum Gasteiger partial charge on any atom is 0.338 e. The molecule has 7 nitrogen and oxygen atoms in total. The molecule has 0 saturated heterocycles. The van der Waals surface area contributed by atoms with Crippen molar-refractivity contribution in [1.82, 2.24) is 4.57 Å². The van der Waals surface area contributed by atoms with Crippen molar-refractivity contribution in [2.45, 2.75) is 26.8 Å². The molecule has 0 N–H and O–H groups in total. The first-order valence-corrected chi connectivity index (χ1v) is 11.7. The second kappa shape index (κ2) is 9.69. The molecule has 176 valence electrons. The second-order valence-corrected chi connectivity index (χ2v) is 8.83. The SMILES string of the molecule is CCOC(=O)C1=C(C)N=c2s/c(=C\c3ccc(C)cc3)c(=O)n2C1c1ccc(OC)cc1OC. The van der Waals surface area contributed by atoms with Gasteiger partial charge in [0.05, 0.1) is 36.6 Å². The van der Waals surface area contributed by atoms with E-state index in [1.807, 2.05) is 37.3 Å². The molecule has 1 aliphatic rings. The zero-order valence-electron chi connectivity index (χ0n) is 19.7. The van der Waals surface area contributed by atoms with Crippen molar-refractivity contribution in [2.24, 2.45) is 4.99 Å². The van der Waals surface area contributed by atoms with Gasteiger partial charge >= 0.3 is 5.97 Å². The summed E-state index contributed by atoms with van der Waals surface area (Å²) in [6, 6.07) is 12.5. The topological polar surface area (TPSA) is 79.1 Å². The minimum Gasteiger partial charge on any atom is -0.497 e. The fraction of sp³-hybridized carbons (Fsp3) is 0.269. The summed E-state index contributed by atoms with van der Waals surface area (Å²) in [7, 11) is 3.11. The summed E-state index contributed by atoms with van der Waals surface area (Å²) < 4.78 is 18.4. The Labute approximate surface area is 201 Å². The number of nitrogens with zero attached hydrogens (tertiary/aromatic N) is 2. The highest BCUT2D eigenvalue weighted by Crippen LogP contribution is 2.37. The van der Waals surface area contributed by atoms with E-state index in [2.05, 4.69) is 4.99 Å². The van der Waals surface area contributed by atoms with Crippen molar-refractivity contribution in [2.75, 3.05) is 20.8 Å². The molecule has 2 heterocycles. The van der Waals surface area contributed by atoms with Crippen LogP contribution >= 0.6 is 11.3 Å². The summed E-state index contributed by atoms with van der Waals surface area (Å²) in [6.07, 6.45) is 1.84. The number of ether oxygens (including phenoxy) is 3. The fourth-order valence-electron chi connectivity index (χ4n) is 3.94. The van der Waals surface area contributed by atoms with Crippen molar-refractivity contribution < 1.29 is 19.0 Å². The zero-order chi connectivity index (χ0) is 24.4. The summed E-state index contributed by atoms with van der Waals surface area (Å²) >= 11 is 1.29. The predicted molar refractivity (Wildman–Crippen MR) is 131 cm³/mol. The molecular weight excluding hydrogens is 452 g/mol. The van der Waals surface area contributed by atoms with E-state index in [0.29, 0.717) is 37.7 Å². The molecule has 0 radical (unpaired) electrons. The average molecular weight is 479 g/mol. The Balaban J connectivity index is 1.99. The second-order valence-electron chi connectivity index (χ2n) is 7.82. The van der Waals surface area contributed by atoms with Crippen LogP contribution in [0.1, 0.15) is 36.6 Å². The Morgan fingerprint density at radius 1 is 1.12 bits per heavy atom. The average Bonchev–Trinajstić information content (AvgIpc) is 3.13. The molecule has 4 rings (SSSR count). The summed E-state index contributed by atoms with van der Waals surface area (Å²) in [5.41, 5.74) is 3.27. The van der Waals surface area contributed by atoms with E-state index < -0.39 is 12.0 Å². The highest BCUT2D eigenvalue weighted by Gasteiger charge is 2.35. The lowest BCUT2D eigenvalue weighted by molar-refractivity contribution is -0.139. The van der Waals surface area contributed by atoms with Gasteiger partial charge in [-0.1, -0.05) is 41.2 Å². The number of carbonyl (C=O) groups excluding carboxylic acids is 1. The van der Waals surface area contributed by atoms with Gasteiger partial charge in [-0.25, -0.2) is 9.79 Å². The maximum absolute atomic E-state index is 13.7. The van der Waals surface area contributed by atoms with Crippen LogP contribution in [0.2, 0.25) is 0 Å². The molecule has 0 aliphatic carbocycles. The molecule has 0 spiro atoms. The molecule has 0 bridgehead atoms. The maximum atomic E-state index is 13.7. The van der Waals surface area contributed by atoms with Crippen LogP contribution < -0.4 is 24.4 Å². The first-order chi connectivity index (χ1) is 16.4. The van der Waals surface area contributed by atoms with Gasteiger partial charge in [-0.15, -0.1) is 0 Å². The van der Waals surface area contributed by atoms with Crippen LogP contribution in [0.3, 0.4) is 0 Å². The monoisotopic (exact) mass is 478 g/mol. The third kappa shape index (κ3) is 4.28. The van der Waals surface area contributed by atoms with Crippen molar-refractivity contribution in [1.29, 1.82) is 0 Å². The number of esters is 1. The highest BCUT2D eigenvalue weighted by molar-refractivity contribution is 7.07. The minimum absolute atomic E-state index is 0.208. The highest BCUT2D eigenvalue weighted by atomic mass is 32.1. The van der Waals surface area contributed by atoms with Gasteiger partial charge < -0.3 is 14.2 Å². The molecular formula is C26H26N2O5S. The van der Waals surface area contributed by atoms with Gasteiger partial charge in [-0.3, -0.25) is 9.36 Å². The molecule has 0 saturated carbocycles. The van der Waals surface area contributed by atoms with Crippen LogP contribution in [0, 0.1) is 6.92 Å². The number of benzene rings is 2. The van der Waals surface area contributed by atoms with E-state index >= 15 is 0 Å². The number of aryl methyl sites for hydroxylation is 1. The van der Waals surface area contributed by atoms with Crippen LogP contribution in [-0.4, -0.2) is 31.4 Å². The number of allylic oxidation sites excluding steroid dienone is 1. The number of methoxy groups -OCH3 is 2. The number of carbonyl (C=O) groups is 1. The normalized spacial score (nSPS) is 15.6. The molecule has 3 aromatic rings. The Bertz CT molecular complexity index is 1450. The summed E-state index contributed by atoms with van der Waals surface area (Å²) in [6.45, 7) is 5.72. The van der Waals surface area contributed by atoms with Gasteiger partial charge in [0.25, 0.3) is 5.56 Å². The van der Waals surface area contributed by atoms with Crippen molar-refractivity contribution in [3.8, 4) is 11.5 Å². The number of fused-ring (bicyclic) bond motifs is 1. The lowest BCUT2D eigenvalue weighted by Crippen LogP contribution is -2.40. The third-order valence-electron chi connectivity index (χ3n) is 5.63. The molecule has 1 atom stereocenters. The van der Waals surface area contributed by atoms with Gasteiger partial charge in [0, 0.05) is 11.6 Å². The van der Waals surface area contributed by atoms with Gasteiger partial charge in [-0.2, -0.15) is 0 Å². The largest absolute Gasteiger partial charge is 0.497 e. The molecule has 34 heavy (non-hydrogen) atoms. The summed E-state index contributed by atoms with van der Waals surface area (Å²) in [5, 5.41) is 0. The van der Waals surface area contributed by atoms with Crippen LogP contribution in [0.4, 0.5) is 0 Å². The molecule has 0 fully saturated rings. The van der Waals surface area contributed by atoms with Crippen LogP contribution in [-0.2, 0) is 9.53 Å². The minimum atomic E-state index is -0.753. The molecule has 1 unspecified atom stereocenters. The Hall–Kier alpha value is -3.65. The zero-order valence-corrected chi connectivity index (χ0v) is 20.6. The Morgan fingerprint density at radius 2 is 1.85 bits per heavy atom. The standard InChI is InChI=1S/C26H26N2O5S/c1-6-33-25(30)22-16(3)27-26-28(23(22)19-12-11-18(31-4)14-20(19)32-5)24(29)21(34-26)13-17-9-7-15(2)8-10-17/h7-14,23H,6H2,1-5H3/b21-13-. The van der Waals surface area contributed by atoms with E-state index in [0.717, 1.165) is 11.1 Å². The van der Waals surface area contributed by atoms with Crippen molar-refractivity contribution in [3.63, 3.8) is 0 Å². The summed E-state index contributed by atoms with van der Waals surface area (Å²) in [4.78, 5) is 31.8. The van der Waals surface area contributed by atoms with E-state index in [-0.39, 0.29) is 12.2 Å². The van der Waals surface area contributed by atoms with E-state index in [1.54, 1.807) is 50.8 Å². The fourth-order valence-corrected chi connectivity index (χ4v) is 4.99. The van der Waals surface area contributed by atoms with Crippen LogP contribution in [0.5, 0.6) is 11.5 Å². The third-order valence-corrected chi connectivity index (χ3v) is 6.61. The smallest absolute Gasteiger partial charge is 0.338 e. The molecule has 1 aliphatic heterocycles. The van der Waals surface area contributed by atoms with Gasteiger partial charge in [-0.05, 0) is 44.5 Å². The number of rotatable bonds is 6. The summed E-state index contributed by atoms with van der Waals surface area (Å²) in [5.74, 6) is 0.583. The Morgan fingerprint density at radius 3 is 2.50 bits per heavy atom. The quantitative estimate of drug-likeness (QED) is 0.509. The van der Waals surface area contributed by atoms with E-state index in [4.69, 9.17) is 14.2 Å². The van der Waals surface area contributed by atoms with Crippen LogP contribution in [0.15, 0.2) is 63.5 Å². The molecule has 8 heteroatoms. The van der Waals surface area contributed by atoms with Crippen molar-refractivity contribution >= 4 is 23.4 Å². The number of hydrogen-bond acceptors (Lipinski definition) is 7. The van der Waals surface area contributed by atoms with Gasteiger partial charge in [0.1, 0.15) is 17.5 Å². The van der Waals surface area contributed by atoms with Crippen LogP contribution in [0.25, 0.3) is 6.08 Å². The Kier molecular flexibility index (Phi) is 6.70. The lowest BCUT2D eigenvalue weighted by atomic mass is 9.95. The first kappa shape index (κ1) is 23.5. The predicted octanol–water partition coefficient (Wildman–Crippen LogP) is 3.12.